The van der Waals surface area contributed by atoms with Crippen LogP contribution in [-0.4, -0.2) is 33.7 Å². The molecule has 3 aromatic carbocycles. The van der Waals surface area contributed by atoms with Crippen molar-refractivity contribution < 1.29 is 13.2 Å². The van der Waals surface area contributed by atoms with Gasteiger partial charge in [-0.1, -0.05) is 60.7 Å². The molecule has 2 atom stereocenters. The van der Waals surface area contributed by atoms with E-state index in [4.69, 9.17) is 4.74 Å². The van der Waals surface area contributed by atoms with Crippen LogP contribution in [0.5, 0.6) is 0 Å². The minimum absolute atomic E-state index is 0.302. The summed E-state index contributed by atoms with van der Waals surface area (Å²) in [6.07, 6.45) is 2.89. The van der Waals surface area contributed by atoms with Crippen molar-refractivity contribution >= 4 is 20.8 Å². The summed E-state index contributed by atoms with van der Waals surface area (Å²) in [7, 11) is -3.70. The van der Waals surface area contributed by atoms with E-state index in [9.17, 15) is 8.42 Å². The number of rotatable bonds is 9. The summed E-state index contributed by atoms with van der Waals surface area (Å²) >= 11 is 0. The van der Waals surface area contributed by atoms with Crippen molar-refractivity contribution in [3.63, 3.8) is 0 Å². The van der Waals surface area contributed by atoms with Gasteiger partial charge in [0.25, 0.3) is 0 Å². The summed E-state index contributed by atoms with van der Waals surface area (Å²) < 4.78 is 35.6. The monoisotopic (exact) mass is 438 g/mol. The molecule has 1 fully saturated rings. The van der Waals surface area contributed by atoms with Gasteiger partial charge in [0.2, 0.25) is 10.0 Å². The highest BCUT2D eigenvalue weighted by Crippen LogP contribution is 2.26. The van der Waals surface area contributed by atoms with E-state index in [-0.39, 0.29) is 6.04 Å². The standard InChI is InChI=1S/C25H30N2O3S/c1-19-13-14-25(24-12-6-5-11-23(19)24)31(28,29)27-22(16-21-10-7-15-26-21)18-30-17-20-8-3-2-4-9-20/h2-6,8-9,11-14,21-22,26-27H,7,10,15-18H2,1H3. The molecule has 0 spiro atoms. The van der Waals surface area contributed by atoms with Crippen molar-refractivity contribution in [2.75, 3.05) is 13.2 Å². The van der Waals surface area contributed by atoms with Crippen LogP contribution in [0.2, 0.25) is 0 Å². The average molecular weight is 439 g/mol. The molecule has 1 saturated heterocycles. The van der Waals surface area contributed by atoms with Gasteiger partial charge in [0, 0.05) is 17.5 Å². The van der Waals surface area contributed by atoms with Crippen molar-refractivity contribution in [1.29, 1.82) is 0 Å². The van der Waals surface area contributed by atoms with Gasteiger partial charge in [0.05, 0.1) is 18.1 Å². The minimum atomic E-state index is -3.70. The van der Waals surface area contributed by atoms with Crippen molar-refractivity contribution in [2.45, 2.75) is 49.8 Å². The van der Waals surface area contributed by atoms with Crippen LogP contribution in [-0.2, 0) is 21.4 Å². The molecule has 0 amide bonds. The van der Waals surface area contributed by atoms with Gasteiger partial charge in [-0.25, -0.2) is 13.1 Å². The van der Waals surface area contributed by atoms with Gasteiger partial charge in [-0.15, -0.1) is 0 Å². The molecule has 1 aliphatic heterocycles. The molecule has 0 aromatic heterocycles. The van der Waals surface area contributed by atoms with Crippen LogP contribution < -0.4 is 10.0 Å². The first kappa shape index (κ1) is 22.0. The second-order valence-electron chi connectivity index (χ2n) is 8.27. The van der Waals surface area contributed by atoms with E-state index in [0.717, 1.165) is 41.3 Å². The van der Waals surface area contributed by atoms with Crippen LogP contribution in [0.1, 0.15) is 30.4 Å². The second kappa shape index (κ2) is 9.92. The number of hydrogen-bond donors (Lipinski definition) is 2. The zero-order valence-electron chi connectivity index (χ0n) is 17.9. The van der Waals surface area contributed by atoms with Gasteiger partial charge < -0.3 is 10.1 Å². The van der Waals surface area contributed by atoms with Crippen molar-refractivity contribution in [3.05, 3.63) is 77.9 Å². The van der Waals surface area contributed by atoms with Crippen molar-refractivity contribution in [3.8, 4) is 0 Å². The summed E-state index contributed by atoms with van der Waals surface area (Å²) in [5.74, 6) is 0. The van der Waals surface area contributed by atoms with E-state index >= 15 is 0 Å². The van der Waals surface area contributed by atoms with Crippen LogP contribution in [0.15, 0.2) is 71.6 Å². The number of nitrogens with one attached hydrogen (secondary N) is 2. The summed E-state index contributed by atoms with van der Waals surface area (Å²) in [6.45, 7) is 3.77. The molecule has 6 heteroatoms. The van der Waals surface area contributed by atoms with E-state index in [1.165, 1.54) is 0 Å². The second-order valence-corrected chi connectivity index (χ2v) is 9.96. The lowest BCUT2D eigenvalue weighted by molar-refractivity contribution is 0.0996. The molecule has 0 saturated carbocycles. The molecule has 0 bridgehead atoms. The zero-order chi connectivity index (χ0) is 21.7. The fourth-order valence-corrected chi connectivity index (χ4v) is 5.73. The van der Waals surface area contributed by atoms with Crippen LogP contribution >= 0.6 is 0 Å². The predicted octanol–water partition coefficient (Wildman–Crippen LogP) is 4.15. The maximum absolute atomic E-state index is 13.4. The number of hydrogen-bond acceptors (Lipinski definition) is 4. The molecule has 0 aliphatic carbocycles. The fraction of sp³-hybridized carbons (Fsp3) is 0.360. The summed E-state index contributed by atoms with van der Waals surface area (Å²) in [5.41, 5.74) is 2.14. The van der Waals surface area contributed by atoms with Gasteiger partial charge in [0.1, 0.15) is 0 Å². The molecule has 2 unspecified atom stereocenters. The fourth-order valence-electron chi connectivity index (χ4n) is 4.28. The van der Waals surface area contributed by atoms with Crippen molar-refractivity contribution in [2.24, 2.45) is 0 Å². The molecule has 1 aliphatic rings. The Labute approximate surface area is 184 Å². The van der Waals surface area contributed by atoms with Gasteiger partial charge in [0.15, 0.2) is 0 Å². The third-order valence-corrected chi connectivity index (χ3v) is 7.45. The minimum Gasteiger partial charge on any atom is -0.375 e. The quantitative estimate of drug-likeness (QED) is 0.527. The Kier molecular flexibility index (Phi) is 7.02. The first-order chi connectivity index (χ1) is 15.0. The Morgan fingerprint density at radius 3 is 2.52 bits per heavy atom. The van der Waals surface area contributed by atoms with Gasteiger partial charge >= 0.3 is 0 Å². The van der Waals surface area contributed by atoms with E-state index in [2.05, 4.69) is 10.0 Å². The number of ether oxygens (including phenoxy) is 1. The highest BCUT2D eigenvalue weighted by molar-refractivity contribution is 7.89. The Bertz CT molecular complexity index is 1110. The van der Waals surface area contributed by atoms with Crippen LogP contribution in [0.25, 0.3) is 10.8 Å². The SMILES string of the molecule is Cc1ccc(S(=O)(=O)NC(COCc2ccccc2)CC2CCCN2)c2ccccc12. The van der Waals surface area contributed by atoms with E-state index < -0.39 is 10.0 Å². The summed E-state index contributed by atoms with van der Waals surface area (Å²) in [5, 5.41) is 5.17. The molecule has 3 aromatic rings. The summed E-state index contributed by atoms with van der Waals surface area (Å²) in [4.78, 5) is 0.321. The zero-order valence-corrected chi connectivity index (χ0v) is 18.7. The van der Waals surface area contributed by atoms with E-state index in [1.54, 1.807) is 6.07 Å². The number of aryl methyl sites for hydroxylation is 1. The topological polar surface area (TPSA) is 67.4 Å². The summed E-state index contributed by atoms with van der Waals surface area (Å²) in [6, 6.07) is 21.2. The third kappa shape index (κ3) is 5.52. The third-order valence-electron chi connectivity index (χ3n) is 5.88. The van der Waals surface area contributed by atoms with Crippen molar-refractivity contribution in [1.82, 2.24) is 10.0 Å². The molecule has 5 nitrogen and oxygen atoms in total. The first-order valence-electron chi connectivity index (χ1n) is 10.9. The van der Waals surface area contributed by atoms with Crippen LogP contribution in [0.3, 0.4) is 0 Å². The lowest BCUT2D eigenvalue weighted by atomic mass is 10.1. The predicted molar refractivity (Wildman–Crippen MR) is 125 cm³/mol. The van der Waals surface area contributed by atoms with E-state index in [0.29, 0.717) is 30.6 Å². The lowest BCUT2D eigenvalue weighted by Crippen LogP contribution is -2.42. The number of fused-ring (bicyclic) bond motifs is 1. The molecule has 4 rings (SSSR count). The highest BCUT2D eigenvalue weighted by atomic mass is 32.2. The molecular weight excluding hydrogens is 408 g/mol. The van der Waals surface area contributed by atoms with E-state index in [1.807, 2.05) is 67.6 Å². The molecule has 2 N–H and O–H groups in total. The largest absolute Gasteiger partial charge is 0.375 e. The Morgan fingerprint density at radius 2 is 1.77 bits per heavy atom. The van der Waals surface area contributed by atoms with Gasteiger partial charge in [-0.05, 0) is 55.3 Å². The van der Waals surface area contributed by atoms with Gasteiger partial charge in [-0.2, -0.15) is 0 Å². The molecular formula is C25H30N2O3S. The Balaban J connectivity index is 1.52. The molecule has 0 radical (unpaired) electrons. The smallest absolute Gasteiger partial charge is 0.241 e. The van der Waals surface area contributed by atoms with Crippen LogP contribution in [0.4, 0.5) is 0 Å². The molecule has 31 heavy (non-hydrogen) atoms. The normalized spacial score (nSPS) is 17.8. The average Bonchev–Trinajstić information content (AvgIpc) is 3.27. The lowest BCUT2D eigenvalue weighted by Gasteiger charge is -2.23. The maximum Gasteiger partial charge on any atom is 0.241 e. The van der Waals surface area contributed by atoms with Crippen LogP contribution in [0, 0.1) is 6.92 Å². The Morgan fingerprint density at radius 1 is 1.03 bits per heavy atom. The molecule has 1 heterocycles. The number of sulfonamides is 1. The highest BCUT2D eigenvalue weighted by Gasteiger charge is 2.26. The first-order valence-corrected chi connectivity index (χ1v) is 12.4. The Hall–Kier alpha value is -2.25. The number of benzene rings is 3. The van der Waals surface area contributed by atoms with Gasteiger partial charge in [-0.3, -0.25) is 0 Å². The maximum atomic E-state index is 13.4. The molecule has 164 valence electrons.